The van der Waals surface area contributed by atoms with Crippen molar-refractivity contribution in [1.82, 2.24) is 9.88 Å². The molecule has 1 atom stereocenters. The Hall–Kier alpha value is -1.09. The number of rotatable bonds is 3. The second kappa shape index (κ2) is 5.50. The third-order valence-electron chi connectivity index (χ3n) is 3.64. The number of piperidine rings is 1. The van der Waals surface area contributed by atoms with Gasteiger partial charge in [-0.15, -0.1) is 0 Å². The molecule has 1 fully saturated rings. The zero-order valence-corrected chi connectivity index (χ0v) is 11.1. The van der Waals surface area contributed by atoms with E-state index in [2.05, 4.69) is 35.1 Å². The van der Waals surface area contributed by atoms with E-state index in [1.807, 2.05) is 19.3 Å². The number of hydrogen-bond acceptors (Lipinski definition) is 3. The molecule has 1 N–H and O–H groups in total. The van der Waals surface area contributed by atoms with Gasteiger partial charge in [-0.25, -0.2) is 4.98 Å². The Morgan fingerprint density at radius 2 is 2.24 bits per heavy atom. The molecule has 0 spiro atoms. The van der Waals surface area contributed by atoms with Crippen LogP contribution < -0.4 is 5.32 Å². The van der Waals surface area contributed by atoms with Crippen LogP contribution in [0.1, 0.15) is 44.7 Å². The highest BCUT2D eigenvalue weighted by atomic mass is 15.2. The van der Waals surface area contributed by atoms with E-state index >= 15 is 0 Å². The van der Waals surface area contributed by atoms with Crippen molar-refractivity contribution in [1.29, 1.82) is 0 Å². The van der Waals surface area contributed by atoms with E-state index in [0.29, 0.717) is 12.1 Å². The van der Waals surface area contributed by atoms with E-state index in [1.165, 1.54) is 31.4 Å². The summed E-state index contributed by atoms with van der Waals surface area (Å²) in [4.78, 5) is 7.03. The Kier molecular flexibility index (Phi) is 4.00. The molecule has 0 aromatic carbocycles. The van der Waals surface area contributed by atoms with Crippen LogP contribution in [0, 0.1) is 0 Å². The number of nitrogens with one attached hydrogen (secondary N) is 1. The van der Waals surface area contributed by atoms with E-state index < -0.39 is 0 Å². The molecule has 0 aliphatic carbocycles. The minimum absolute atomic E-state index is 0.528. The van der Waals surface area contributed by atoms with Crippen LogP contribution in [0.3, 0.4) is 0 Å². The van der Waals surface area contributed by atoms with Crippen LogP contribution >= 0.6 is 0 Å². The highest BCUT2D eigenvalue weighted by Crippen LogP contribution is 2.35. The normalized spacial score (nSPS) is 21.8. The first-order valence-corrected chi connectivity index (χ1v) is 6.62. The van der Waals surface area contributed by atoms with Crippen molar-refractivity contribution in [3.8, 4) is 0 Å². The molecule has 1 saturated heterocycles. The van der Waals surface area contributed by atoms with Crippen molar-refractivity contribution in [3.05, 3.63) is 23.9 Å². The molecule has 2 rings (SSSR count). The van der Waals surface area contributed by atoms with Crippen LogP contribution in [0.2, 0.25) is 0 Å². The van der Waals surface area contributed by atoms with Crippen molar-refractivity contribution < 1.29 is 0 Å². The number of nitrogens with zero attached hydrogens (tertiary/aromatic N) is 2. The summed E-state index contributed by atoms with van der Waals surface area (Å²) in [6.07, 6.45) is 5.76. The van der Waals surface area contributed by atoms with Gasteiger partial charge in [-0.1, -0.05) is 12.5 Å². The van der Waals surface area contributed by atoms with E-state index in [0.717, 1.165) is 5.82 Å². The molecule has 0 bridgehead atoms. The molecule has 1 aromatic rings. The third kappa shape index (κ3) is 2.60. The lowest BCUT2D eigenvalue weighted by Crippen LogP contribution is -2.38. The lowest BCUT2D eigenvalue weighted by atomic mass is 9.94. The zero-order chi connectivity index (χ0) is 12.3. The first-order chi connectivity index (χ1) is 8.24. The molecule has 0 radical (unpaired) electrons. The highest BCUT2D eigenvalue weighted by molar-refractivity contribution is 5.45. The van der Waals surface area contributed by atoms with Gasteiger partial charge in [0.15, 0.2) is 0 Å². The van der Waals surface area contributed by atoms with Crippen molar-refractivity contribution >= 4 is 5.82 Å². The van der Waals surface area contributed by atoms with Gasteiger partial charge in [0.1, 0.15) is 5.82 Å². The van der Waals surface area contributed by atoms with Gasteiger partial charge in [0.05, 0.1) is 0 Å². The minimum atomic E-state index is 0.528. The zero-order valence-electron chi connectivity index (χ0n) is 11.1. The second-order valence-electron chi connectivity index (χ2n) is 5.03. The smallest absolute Gasteiger partial charge is 0.130 e. The minimum Gasteiger partial charge on any atom is -0.373 e. The van der Waals surface area contributed by atoms with Crippen LogP contribution in [0.4, 0.5) is 5.82 Å². The molecular formula is C14H23N3. The van der Waals surface area contributed by atoms with Gasteiger partial charge < -0.3 is 5.32 Å². The lowest BCUT2D eigenvalue weighted by Gasteiger charge is -2.39. The molecule has 1 aliphatic rings. The SMILES string of the molecule is CNc1ncccc1[C@H]1CCCCN1C(C)C. The standard InChI is InChI=1S/C14H23N3/c1-11(2)17-10-5-4-8-13(17)12-7-6-9-16-14(12)15-3/h6-7,9,11,13H,4-5,8,10H2,1-3H3,(H,15,16)/t13-/m1/s1. The predicted octanol–water partition coefficient (Wildman–Crippen LogP) is 3.06. The Morgan fingerprint density at radius 1 is 1.41 bits per heavy atom. The second-order valence-corrected chi connectivity index (χ2v) is 5.03. The molecule has 3 heteroatoms. The number of anilines is 1. The monoisotopic (exact) mass is 233 g/mol. The Morgan fingerprint density at radius 3 is 2.94 bits per heavy atom. The molecule has 17 heavy (non-hydrogen) atoms. The Balaban J connectivity index is 2.29. The fourth-order valence-electron chi connectivity index (χ4n) is 2.80. The fourth-order valence-corrected chi connectivity index (χ4v) is 2.80. The summed E-state index contributed by atoms with van der Waals surface area (Å²) in [7, 11) is 1.95. The first-order valence-electron chi connectivity index (χ1n) is 6.62. The number of pyridine rings is 1. The summed E-state index contributed by atoms with van der Waals surface area (Å²) < 4.78 is 0. The summed E-state index contributed by atoms with van der Waals surface area (Å²) in [5, 5.41) is 3.21. The lowest BCUT2D eigenvalue weighted by molar-refractivity contribution is 0.112. The van der Waals surface area contributed by atoms with E-state index in [1.54, 1.807) is 0 Å². The number of likely N-dealkylation sites (tertiary alicyclic amines) is 1. The summed E-state index contributed by atoms with van der Waals surface area (Å²) in [6.45, 7) is 5.78. The molecule has 3 nitrogen and oxygen atoms in total. The van der Waals surface area contributed by atoms with Crippen LogP contribution in [-0.2, 0) is 0 Å². The maximum Gasteiger partial charge on any atom is 0.130 e. The van der Waals surface area contributed by atoms with E-state index in [4.69, 9.17) is 0 Å². The van der Waals surface area contributed by atoms with Gasteiger partial charge in [0, 0.05) is 30.9 Å². The molecule has 0 saturated carbocycles. The third-order valence-corrected chi connectivity index (χ3v) is 3.64. The summed E-state index contributed by atoms with van der Waals surface area (Å²) in [5.41, 5.74) is 1.35. The van der Waals surface area contributed by atoms with Crippen LogP contribution in [0.15, 0.2) is 18.3 Å². The number of aromatic nitrogens is 1. The largest absolute Gasteiger partial charge is 0.373 e. The van der Waals surface area contributed by atoms with Crippen molar-refractivity contribution in [2.45, 2.75) is 45.2 Å². The molecule has 0 unspecified atom stereocenters. The Labute approximate surface area is 104 Å². The van der Waals surface area contributed by atoms with E-state index in [9.17, 15) is 0 Å². The van der Waals surface area contributed by atoms with Crippen molar-refractivity contribution in [2.75, 3.05) is 18.9 Å². The molecule has 2 heterocycles. The summed E-state index contributed by atoms with van der Waals surface area (Å²) >= 11 is 0. The topological polar surface area (TPSA) is 28.2 Å². The maximum absolute atomic E-state index is 4.43. The molecule has 1 aromatic heterocycles. The fraction of sp³-hybridized carbons (Fsp3) is 0.643. The molecular weight excluding hydrogens is 210 g/mol. The maximum atomic E-state index is 4.43. The quantitative estimate of drug-likeness (QED) is 0.869. The van der Waals surface area contributed by atoms with Gasteiger partial charge >= 0.3 is 0 Å². The predicted molar refractivity (Wildman–Crippen MR) is 72.2 cm³/mol. The summed E-state index contributed by atoms with van der Waals surface area (Å²) in [5.74, 6) is 1.03. The van der Waals surface area contributed by atoms with Crippen LogP contribution in [0.5, 0.6) is 0 Å². The average Bonchev–Trinajstić information content (AvgIpc) is 2.38. The van der Waals surface area contributed by atoms with Crippen molar-refractivity contribution in [3.63, 3.8) is 0 Å². The first kappa shape index (κ1) is 12.4. The van der Waals surface area contributed by atoms with Gasteiger partial charge in [-0.05, 0) is 39.3 Å². The Bertz CT molecular complexity index is 362. The highest BCUT2D eigenvalue weighted by Gasteiger charge is 2.27. The van der Waals surface area contributed by atoms with Gasteiger partial charge in [-0.3, -0.25) is 4.90 Å². The summed E-state index contributed by atoms with van der Waals surface area (Å²) in [6, 6.07) is 5.39. The average molecular weight is 233 g/mol. The van der Waals surface area contributed by atoms with E-state index in [-0.39, 0.29) is 0 Å². The van der Waals surface area contributed by atoms with Gasteiger partial charge in [0.25, 0.3) is 0 Å². The number of hydrogen-bond donors (Lipinski definition) is 1. The van der Waals surface area contributed by atoms with Gasteiger partial charge in [0.2, 0.25) is 0 Å². The molecule has 94 valence electrons. The molecule has 0 amide bonds. The van der Waals surface area contributed by atoms with Gasteiger partial charge in [-0.2, -0.15) is 0 Å². The van der Waals surface area contributed by atoms with Crippen molar-refractivity contribution in [2.24, 2.45) is 0 Å². The molecule has 1 aliphatic heterocycles. The van der Waals surface area contributed by atoms with Crippen LogP contribution in [0.25, 0.3) is 0 Å². The van der Waals surface area contributed by atoms with Crippen LogP contribution in [-0.4, -0.2) is 29.5 Å².